The first-order valence-electron chi connectivity index (χ1n) is 6.02. The molecule has 2 unspecified atom stereocenters. The molecule has 3 heteroatoms. The molecule has 1 aromatic heterocycles. The Morgan fingerprint density at radius 2 is 2.18 bits per heavy atom. The van der Waals surface area contributed by atoms with Crippen molar-refractivity contribution in [3.63, 3.8) is 0 Å². The summed E-state index contributed by atoms with van der Waals surface area (Å²) < 4.78 is 1.35. The zero-order valence-electron chi connectivity index (χ0n) is 10.2. The molecule has 0 saturated carbocycles. The molecular weight excluding hydrogens is 250 g/mol. The van der Waals surface area contributed by atoms with Crippen LogP contribution in [0.4, 0.5) is 0 Å². The Hall–Kier alpha value is -0.570. The first-order chi connectivity index (χ1) is 8.26. The number of alkyl halides is 1. The fourth-order valence-electron chi connectivity index (χ4n) is 2.19. The van der Waals surface area contributed by atoms with Crippen molar-refractivity contribution in [2.45, 2.75) is 25.8 Å². The summed E-state index contributed by atoms with van der Waals surface area (Å²) >= 11 is 7.91. The number of fused-ring (bicyclic) bond motifs is 1. The molecule has 0 spiro atoms. The molecule has 92 valence electrons. The summed E-state index contributed by atoms with van der Waals surface area (Å²) in [6.07, 6.45) is 0. The van der Waals surface area contributed by atoms with Crippen LogP contribution >= 0.6 is 22.9 Å². The van der Waals surface area contributed by atoms with E-state index in [1.54, 1.807) is 11.3 Å². The molecule has 0 bridgehead atoms. The molecule has 2 atom stereocenters. The summed E-state index contributed by atoms with van der Waals surface area (Å²) in [5.74, 6) is 1.03. The number of thiophene rings is 1. The van der Waals surface area contributed by atoms with Gasteiger partial charge in [-0.15, -0.1) is 22.9 Å². The molecule has 0 aliphatic rings. The van der Waals surface area contributed by atoms with Gasteiger partial charge in [-0.3, -0.25) is 0 Å². The first-order valence-corrected chi connectivity index (χ1v) is 7.44. The van der Waals surface area contributed by atoms with Crippen LogP contribution in [0.25, 0.3) is 10.1 Å². The first kappa shape index (κ1) is 12.9. The van der Waals surface area contributed by atoms with Crippen LogP contribution in [0.5, 0.6) is 0 Å². The van der Waals surface area contributed by atoms with E-state index in [1.807, 2.05) is 0 Å². The summed E-state index contributed by atoms with van der Waals surface area (Å²) in [7, 11) is 0. The highest BCUT2D eigenvalue weighted by molar-refractivity contribution is 7.17. The molecule has 1 nitrogen and oxygen atoms in total. The minimum absolute atomic E-state index is 0.376. The van der Waals surface area contributed by atoms with Crippen LogP contribution in [0.2, 0.25) is 0 Å². The number of nitrogens with one attached hydrogen (secondary N) is 1. The largest absolute Gasteiger partial charge is 0.314 e. The second kappa shape index (κ2) is 5.85. The lowest BCUT2D eigenvalue weighted by atomic mass is 9.93. The number of halogens is 1. The van der Waals surface area contributed by atoms with Gasteiger partial charge in [-0.2, -0.15) is 0 Å². The SMILES string of the molecule is CCNC(C)C(CCl)c1ccc2sccc2c1. The van der Waals surface area contributed by atoms with Crippen LogP contribution < -0.4 is 5.32 Å². The van der Waals surface area contributed by atoms with Crippen LogP contribution in [0, 0.1) is 0 Å². The van der Waals surface area contributed by atoms with E-state index in [4.69, 9.17) is 11.6 Å². The minimum atomic E-state index is 0.376. The number of likely N-dealkylation sites (N-methyl/N-ethyl adjacent to an activating group) is 1. The van der Waals surface area contributed by atoms with Gasteiger partial charge in [0, 0.05) is 22.5 Å². The van der Waals surface area contributed by atoms with Crippen LogP contribution in [-0.2, 0) is 0 Å². The zero-order valence-corrected chi connectivity index (χ0v) is 11.8. The molecule has 2 rings (SSSR count). The van der Waals surface area contributed by atoms with Gasteiger partial charge in [-0.05, 0) is 48.0 Å². The zero-order chi connectivity index (χ0) is 12.3. The third-order valence-corrected chi connectivity index (χ3v) is 4.43. The summed E-state index contributed by atoms with van der Waals surface area (Å²) in [6.45, 7) is 5.31. The maximum Gasteiger partial charge on any atom is 0.0342 e. The normalized spacial score (nSPS) is 15.0. The number of hydrogen-bond acceptors (Lipinski definition) is 2. The van der Waals surface area contributed by atoms with Gasteiger partial charge < -0.3 is 5.32 Å². The predicted molar refractivity (Wildman–Crippen MR) is 78.4 cm³/mol. The third kappa shape index (κ3) is 2.82. The second-order valence-corrected chi connectivity index (χ2v) is 5.58. The lowest BCUT2D eigenvalue weighted by Gasteiger charge is -2.23. The maximum atomic E-state index is 6.12. The Kier molecular flexibility index (Phi) is 4.43. The molecule has 17 heavy (non-hydrogen) atoms. The fourth-order valence-corrected chi connectivity index (χ4v) is 3.41. The van der Waals surface area contributed by atoms with Gasteiger partial charge in [0.2, 0.25) is 0 Å². The molecule has 1 aromatic carbocycles. The molecule has 0 aliphatic heterocycles. The quantitative estimate of drug-likeness (QED) is 0.800. The monoisotopic (exact) mass is 267 g/mol. The van der Waals surface area contributed by atoms with Gasteiger partial charge >= 0.3 is 0 Å². The van der Waals surface area contributed by atoms with E-state index in [0.717, 1.165) is 6.54 Å². The highest BCUT2D eigenvalue weighted by Gasteiger charge is 2.17. The molecular formula is C14H18ClNS. The van der Waals surface area contributed by atoms with Crippen LogP contribution in [0.1, 0.15) is 25.3 Å². The number of benzene rings is 1. The Balaban J connectivity index is 2.28. The predicted octanol–water partition coefficient (Wildman–Crippen LogP) is 4.22. The third-order valence-electron chi connectivity index (χ3n) is 3.20. The van der Waals surface area contributed by atoms with Crippen molar-refractivity contribution in [2.75, 3.05) is 12.4 Å². The highest BCUT2D eigenvalue weighted by atomic mass is 35.5. The molecule has 0 radical (unpaired) electrons. The van der Waals surface area contributed by atoms with Gasteiger partial charge in [-0.25, -0.2) is 0 Å². The van der Waals surface area contributed by atoms with E-state index in [2.05, 4.69) is 48.8 Å². The average molecular weight is 268 g/mol. The van der Waals surface area contributed by atoms with Crippen molar-refractivity contribution in [1.29, 1.82) is 0 Å². The second-order valence-electron chi connectivity index (χ2n) is 4.33. The van der Waals surface area contributed by atoms with Gasteiger partial charge in [-0.1, -0.05) is 13.0 Å². The van der Waals surface area contributed by atoms with Crippen molar-refractivity contribution in [3.8, 4) is 0 Å². The van der Waals surface area contributed by atoms with E-state index in [1.165, 1.54) is 15.6 Å². The van der Waals surface area contributed by atoms with Crippen LogP contribution in [0.3, 0.4) is 0 Å². The summed E-state index contributed by atoms with van der Waals surface area (Å²) in [4.78, 5) is 0. The van der Waals surface area contributed by atoms with Crippen molar-refractivity contribution < 1.29 is 0 Å². The van der Waals surface area contributed by atoms with Gasteiger partial charge in [0.1, 0.15) is 0 Å². The van der Waals surface area contributed by atoms with Crippen molar-refractivity contribution in [1.82, 2.24) is 5.32 Å². The molecule has 1 N–H and O–H groups in total. The molecule has 1 heterocycles. The standard InChI is InChI=1S/C14H18ClNS/c1-3-16-10(2)13(9-15)11-4-5-14-12(8-11)6-7-17-14/h4-8,10,13,16H,3,9H2,1-2H3. The topological polar surface area (TPSA) is 12.0 Å². The van der Waals surface area contributed by atoms with E-state index >= 15 is 0 Å². The van der Waals surface area contributed by atoms with E-state index < -0.39 is 0 Å². The minimum Gasteiger partial charge on any atom is -0.314 e. The van der Waals surface area contributed by atoms with Gasteiger partial charge in [0.25, 0.3) is 0 Å². The van der Waals surface area contributed by atoms with E-state index in [9.17, 15) is 0 Å². The molecule has 0 fully saturated rings. The average Bonchev–Trinajstić information content (AvgIpc) is 2.77. The lowest BCUT2D eigenvalue weighted by Crippen LogP contribution is -2.32. The Morgan fingerprint density at radius 3 is 2.88 bits per heavy atom. The molecule has 0 aliphatic carbocycles. The van der Waals surface area contributed by atoms with Crippen molar-refractivity contribution in [2.24, 2.45) is 0 Å². The molecule has 0 amide bonds. The number of hydrogen-bond donors (Lipinski definition) is 1. The van der Waals surface area contributed by atoms with E-state index in [-0.39, 0.29) is 0 Å². The van der Waals surface area contributed by atoms with Crippen LogP contribution in [0.15, 0.2) is 29.6 Å². The van der Waals surface area contributed by atoms with Crippen molar-refractivity contribution in [3.05, 3.63) is 35.2 Å². The fraction of sp³-hybridized carbons (Fsp3) is 0.429. The highest BCUT2D eigenvalue weighted by Crippen LogP contribution is 2.28. The Labute approximate surface area is 112 Å². The lowest BCUT2D eigenvalue weighted by molar-refractivity contribution is 0.498. The van der Waals surface area contributed by atoms with Crippen molar-refractivity contribution >= 4 is 33.0 Å². The summed E-state index contributed by atoms with van der Waals surface area (Å²) in [6, 6.07) is 9.26. The molecule has 2 aromatic rings. The summed E-state index contributed by atoms with van der Waals surface area (Å²) in [5.41, 5.74) is 1.33. The Bertz CT molecular complexity index is 480. The number of rotatable bonds is 5. The molecule has 0 saturated heterocycles. The summed E-state index contributed by atoms with van der Waals surface area (Å²) in [5, 5.41) is 6.92. The maximum absolute atomic E-state index is 6.12. The Morgan fingerprint density at radius 1 is 1.35 bits per heavy atom. The smallest absolute Gasteiger partial charge is 0.0342 e. The van der Waals surface area contributed by atoms with E-state index in [0.29, 0.717) is 17.8 Å². The van der Waals surface area contributed by atoms with Crippen LogP contribution in [-0.4, -0.2) is 18.5 Å². The van der Waals surface area contributed by atoms with Gasteiger partial charge in [0.15, 0.2) is 0 Å². The van der Waals surface area contributed by atoms with Gasteiger partial charge in [0.05, 0.1) is 0 Å².